The molecule has 0 aromatic rings. The van der Waals surface area contributed by atoms with Crippen molar-refractivity contribution in [1.29, 1.82) is 0 Å². The van der Waals surface area contributed by atoms with Crippen LogP contribution in [0.1, 0.15) is 52.9 Å². The minimum Gasteiger partial charge on any atom is -0.462 e. The number of rotatable bonds is 6. The van der Waals surface area contributed by atoms with Gasteiger partial charge in [-0.25, -0.2) is 0 Å². The van der Waals surface area contributed by atoms with Gasteiger partial charge in [-0.1, -0.05) is 6.92 Å². The SMILES string of the molecule is CCC(C)(C)C(=O)OC1CC2CC1C1C(OCC(O)(C(F)(F)F)C(F)(F)F)CCC21. The van der Waals surface area contributed by atoms with Gasteiger partial charge in [-0.05, 0) is 63.7 Å². The van der Waals surface area contributed by atoms with Gasteiger partial charge in [-0.3, -0.25) is 4.79 Å². The van der Waals surface area contributed by atoms with E-state index in [1.165, 1.54) is 0 Å². The summed E-state index contributed by atoms with van der Waals surface area (Å²) in [6, 6.07) is 0. The summed E-state index contributed by atoms with van der Waals surface area (Å²) in [5.41, 5.74) is -5.57. The second-order valence-electron chi connectivity index (χ2n) is 9.60. The average molecular weight is 446 g/mol. The van der Waals surface area contributed by atoms with Gasteiger partial charge in [0.2, 0.25) is 0 Å². The second-order valence-corrected chi connectivity index (χ2v) is 9.60. The molecule has 30 heavy (non-hydrogen) atoms. The number of halogens is 6. The van der Waals surface area contributed by atoms with Gasteiger partial charge < -0.3 is 14.6 Å². The van der Waals surface area contributed by atoms with Gasteiger partial charge in [0.05, 0.1) is 18.1 Å². The van der Waals surface area contributed by atoms with E-state index in [0.717, 1.165) is 6.42 Å². The summed E-state index contributed by atoms with van der Waals surface area (Å²) in [5, 5.41) is 9.36. The van der Waals surface area contributed by atoms with Crippen LogP contribution in [0.2, 0.25) is 0 Å². The summed E-state index contributed by atoms with van der Waals surface area (Å²) in [6.45, 7) is 3.50. The topological polar surface area (TPSA) is 55.8 Å². The largest absolute Gasteiger partial charge is 0.462 e. The third kappa shape index (κ3) is 3.82. The fourth-order valence-corrected chi connectivity index (χ4v) is 5.31. The highest BCUT2D eigenvalue weighted by atomic mass is 19.4. The Bertz CT molecular complexity index is 645. The van der Waals surface area contributed by atoms with Crippen molar-refractivity contribution in [2.75, 3.05) is 6.61 Å². The lowest BCUT2D eigenvalue weighted by molar-refractivity contribution is -0.380. The molecular formula is C20H28F6O4. The highest BCUT2D eigenvalue weighted by Crippen LogP contribution is 2.60. The number of carbonyl (C=O) groups excluding carboxylic acids is 1. The normalized spacial score (nSPS) is 34.3. The Morgan fingerprint density at radius 3 is 2.10 bits per heavy atom. The summed E-state index contributed by atoms with van der Waals surface area (Å²) >= 11 is 0. The molecule has 0 aromatic heterocycles. The molecule has 0 amide bonds. The molecule has 6 atom stereocenters. The highest BCUT2D eigenvalue weighted by molar-refractivity contribution is 5.76. The molecule has 0 heterocycles. The van der Waals surface area contributed by atoms with Crippen molar-refractivity contribution in [1.82, 2.24) is 0 Å². The first-order valence-corrected chi connectivity index (χ1v) is 10.3. The number of fused-ring (bicyclic) bond motifs is 5. The Labute approximate surface area is 171 Å². The second kappa shape index (κ2) is 7.53. The summed E-state index contributed by atoms with van der Waals surface area (Å²) in [6.07, 6.45) is -10.1. The van der Waals surface area contributed by atoms with E-state index in [0.29, 0.717) is 25.7 Å². The molecule has 0 radical (unpaired) electrons. The van der Waals surface area contributed by atoms with Crippen molar-refractivity contribution < 1.29 is 45.7 Å². The maximum absolute atomic E-state index is 12.9. The van der Waals surface area contributed by atoms with Crippen molar-refractivity contribution >= 4 is 5.97 Å². The van der Waals surface area contributed by atoms with Gasteiger partial charge >= 0.3 is 18.3 Å². The van der Waals surface area contributed by atoms with Gasteiger partial charge in [0.25, 0.3) is 5.60 Å². The molecule has 4 nitrogen and oxygen atoms in total. The van der Waals surface area contributed by atoms with Gasteiger partial charge in [-0.15, -0.1) is 0 Å². The van der Waals surface area contributed by atoms with E-state index in [1.54, 1.807) is 13.8 Å². The first-order chi connectivity index (χ1) is 13.6. The molecule has 3 fully saturated rings. The number of aliphatic hydroxyl groups is 1. The number of esters is 1. The number of alkyl halides is 6. The van der Waals surface area contributed by atoms with Crippen LogP contribution in [0.25, 0.3) is 0 Å². The predicted octanol–water partition coefficient (Wildman–Crippen LogP) is 4.64. The maximum atomic E-state index is 12.9. The standard InChI is InChI=1S/C20H28F6O4/c1-4-17(2,3)16(27)30-14-8-10-7-12(14)15-11(10)5-6-13(15)29-9-18(28,19(21,22)23)20(24,25)26/h10-15,28H,4-9H2,1-3H3. The van der Waals surface area contributed by atoms with Crippen LogP contribution in [0.15, 0.2) is 0 Å². The Hall–Kier alpha value is -1.03. The number of hydrogen-bond acceptors (Lipinski definition) is 4. The van der Waals surface area contributed by atoms with Crippen LogP contribution in [0.3, 0.4) is 0 Å². The zero-order chi connectivity index (χ0) is 22.7. The average Bonchev–Trinajstić information content (AvgIpc) is 3.29. The molecule has 0 spiro atoms. The van der Waals surface area contributed by atoms with Crippen molar-refractivity contribution in [2.45, 2.75) is 83.0 Å². The van der Waals surface area contributed by atoms with Crippen molar-refractivity contribution in [2.24, 2.45) is 29.1 Å². The summed E-state index contributed by atoms with van der Waals surface area (Å²) < 4.78 is 88.4. The Kier molecular flexibility index (Phi) is 5.93. The zero-order valence-corrected chi connectivity index (χ0v) is 17.1. The van der Waals surface area contributed by atoms with Crippen LogP contribution < -0.4 is 0 Å². The lowest BCUT2D eigenvalue weighted by Gasteiger charge is -2.37. The minimum absolute atomic E-state index is 0.138. The van der Waals surface area contributed by atoms with E-state index in [9.17, 15) is 36.2 Å². The molecule has 10 heteroatoms. The zero-order valence-electron chi connectivity index (χ0n) is 17.1. The fourth-order valence-electron chi connectivity index (χ4n) is 5.31. The molecule has 1 N–H and O–H groups in total. The van der Waals surface area contributed by atoms with Crippen molar-refractivity contribution in [3.8, 4) is 0 Å². The summed E-state index contributed by atoms with van der Waals surface area (Å²) in [4.78, 5) is 12.4. The van der Waals surface area contributed by atoms with Crippen molar-refractivity contribution in [3.05, 3.63) is 0 Å². The first-order valence-electron chi connectivity index (χ1n) is 10.3. The Morgan fingerprint density at radius 2 is 1.57 bits per heavy atom. The monoisotopic (exact) mass is 446 g/mol. The lowest BCUT2D eigenvalue weighted by Crippen LogP contribution is -2.60. The molecule has 0 aromatic carbocycles. The van der Waals surface area contributed by atoms with Crippen LogP contribution in [-0.2, 0) is 14.3 Å². The van der Waals surface area contributed by atoms with Crippen molar-refractivity contribution in [3.63, 3.8) is 0 Å². The van der Waals surface area contributed by atoms with E-state index < -0.39 is 42.2 Å². The molecule has 0 aliphatic heterocycles. The van der Waals surface area contributed by atoms with Crippen LogP contribution >= 0.6 is 0 Å². The number of hydrogen-bond donors (Lipinski definition) is 1. The van der Waals surface area contributed by atoms with Gasteiger partial charge in [0.1, 0.15) is 6.10 Å². The molecule has 3 aliphatic carbocycles. The third-order valence-corrected chi connectivity index (χ3v) is 7.53. The molecule has 3 rings (SSSR count). The van der Waals surface area contributed by atoms with E-state index in [2.05, 4.69) is 0 Å². The molecule has 0 saturated heterocycles. The predicted molar refractivity (Wildman–Crippen MR) is 93.2 cm³/mol. The summed E-state index contributed by atoms with van der Waals surface area (Å²) in [5.74, 6) is -0.400. The van der Waals surface area contributed by atoms with Gasteiger partial charge in [0, 0.05) is 5.92 Å². The maximum Gasteiger partial charge on any atom is 0.428 e. The fraction of sp³-hybridized carbons (Fsp3) is 0.950. The Balaban J connectivity index is 1.69. The molecular weight excluding hydrogens is 418 g/mol. The third-order valence-electron chi connectivity index (χ3n) is 7.53. The van der Waals surface area contributed by atoms with Gasteiger partial charge in [0.15, 0.2) is 0 Å². The highest BCUT2D eigenvalue weighted by Gasteiger charge is 2.71. The number of ether oxygens (including phenoxy) is 2. The molecule has 3 saturated carbocycles. The molecule has 174 valence electrons. The smallest absolute Gasteiger partial charge is 0.428 e. The van der Waals surface area contributed by atoms with Crippen LogP contribution in [0.5, 0.6) is 0 Å². The van der Waals surface area contributed by atoms with Crippen LogP contribution in [-0.4, -0.2) is 47.8 Å². The van der Waals surface area contributed by atoms with Gasteiger partial charge in [-0.2, -0.15) is 26.3 Å². The lowest BCUT2D eigenvalue weighted by atomic mass is 9.79. The first kappa shape index (κ1) is 23.6. The number of carbonyl (C=O) groups is 1. The van der Waals surface area contributed by atoms with E-state index in [-0.39, 0.29) is 29.6 Å². The van der Waals surface area contributed by atoms with Crippen LogP contribution in [0.4, 0.5) is 26.3 Å². The molecule has 6 unspecified atom stereocenters. The quantitative estimate of drug-likeness (QED) is 0.477. The van der Waals surface area contributed by atoms with Crippen LogP contribution in [0, 0.1) is 29.1 Å². The van der Waals surface area contributed by atoms with E-state index in [4.69, 9.17) is 9.47 Å². The molecule has 3 aliphatic rings. The minimum atomic E-state index is -5.90. The van der Waals surface area contributed by atoms with E-state index >= 15 is 0 Å². The molecule has 2 bridgehead atoms. The Morgan fingerprint density at radius 1 is 0.967 bits per heavy atom. The summed E-state index contributed by atoms with van der Waals surface area (Å²) in [7, 11) is 0. The van der Waals surface area contributed by atoms with E-state index in [1.807, 2.05) is 6.92 Å².